The third-order valence-electron chi connectivity index (χ3n) is 5.74. The normalized spacial score (nSPS) is 17.8. The molecule has 2 aromatic rings. The lowest BCUT2D eigenvalue weighted by molar-refractivity contribution is -0.117. The molecule has 0 aliphatic carbocycles. The number of nitrogens with zero attached hydrogens (tertiary/aromatic N) is 4. The number of amides is 3. The van der Waals surface area contributed by atoms with Gasteiger partial charge in [0.15, 0.2) is 0 Å². The van der Waals surface area contributed by atoms with Crippen LogP contribution in [-0.4, -0.2) is 78.0 Å². The van der Waals surface area contributed by atoms with Crippen LogP contribution in [0.5, 0.6) is 0 Å². The molecule has 0 saturated carbocycles. The maximum absolute atomic E-state index is 12.6. The molecule has 0 bridgehead atoms. The van der Waals surface area contributed by atoms with E-state index in [9.17, 15) is 14.4 Å². The molecular formula is C23H27N7O4. The van der Waals surface area contributed by atoms with Crippen molar-refractivity contribution in [3.8, 4) is 0 Å². The number of carbonyl (C=O) groups is 3. The van der Waals surface area contributed by atoms with Crippen LogP contribution < -0.4 is 21.3 Å². The molecular weight excluding hydrogens is 438 g/mol. The minimum Gasteiger partial charge on any atom is -0.378 e. The van der Waals surface area contributed by atoms with Crippen molar-refractivity contribution in [2.24, 2.45) is 5.73 Å². The number of nitrogens with two attached hydrogens (primary N) is 1. The molecule has 34 heavy (non-hydrogen) atoms. The van der Waals surface area contributed by atoms with Crippen molar-refractivity contribution in [2.45, 2.75) is 12.5 Å². The molecule has 1 atom stereocenters. The third-order valence-corrected chi connectivity index (χ3v) is 5.74. The van der Waals surface area contributed by atoms with Crippen LogP contribution in [-0.2, 0) is 9.53 Å². The summed E-state index contributed by atoms with van der Waals surface area (Å²) in [7, 11) is 0. The quantitative estimate of drug-likeness (QED) is 0.507. The zero-order valence-electron chi connectivity index (χ0n) is 18.7. The average molecular weight is 466 g/mol. The Morgan fingerprint density at radius 3 is 2.56 bits per heavy atom. The minimum absolute atomic E-state index is 0.0436. The van der Waals surface area contributed by atoms with Crippen LogP contribution in [0, 0.1) is 0 Å². The molecule has 3 amide bonds. The Labute approximate surface area is 197 Å². The Morgan fingerprint density at radius 1 is 1.15 bits per heavy atom. The van der Waals surface area contributed by atoms with Gasteiger partial charge in [0, 0.05) is 49.7 Å². The SMILES string of the molecule is C=CC(=O)NC1CCN(c2ncc(C(N)=O)c(Nc3ccc(C(=O)N4CCOCC4)cc3)n2)C1. The summed E-state index contributed by atoms with van der Waals surface area (Å²) < 4.78 is 5.30. The van der Waals surface area contributed by atoms with Gasteiger partial charge in [0.1, 0.15) is 11.4 Å². The van der Waals surface area contributed by atoms with E-state index in [-0.39, 0.29) is 29.2 Å². The van der Waals surface area contributed by atoms with Gasteiger partial charge in [0.2, 0.25) is 11.9 Å². The second-order valence-corrected chi connectivity index (χ2v) is 8.05. The van der Waals surface area contributed by atoms with E-state index in [0.29, 0.717) is 56.6 Å². The molecule has 0 radical (unpaired) electrons. The van der Waals surface area contributed by atoms with Gasteiger partial charge in [-0.1, -0.05) is 6.58 Å². The smallest absolute Gasteiger partial charge is 0.254 e. The Morgan fingerprint density at radius 2 is 1.88 bits per heavy atom. The van der Waals surface area contributed by atoms with Crippen LogP contribution in [0.4, 0.5) is 17.5 Å². The monoisotopic (exact) mass is 465 g/mol. The van der Waals surface area contributed by atoms with E-state index in [4.69, 9.17) is 10.5 Å². The van der Waals surface area contributed by atoms with Gasteiger partial charge in [0.25, 0.3) is 11.8 Å². The second-order valence-electron chi connectivity index (χ2n) is 8.05. The Balaban J connectivity index is 1.48. The molecule has 4 rings (SSSR count). The predicted molar refractivity (Wildman–Crippen MR) is 126 cm³/mol. The minimum atomic E-state index is -0.661. The van der Waals surface area contributed by atoms with E-state index >= 15 is 0 Å². The predicted octanol–water partition coefficient (Wildman–Crippen LogP) is 0.672. The highest BCUT2D eigenvalue weighted by atomic mass is 16.5. The average Bonchev–Trinajstić information content (AvgIpc) is 3.32. The first-order valence-electron chi connectivity index (χ1n) is 11.0. The number of benzene rings is 1. The van der Waals surface area contributed by atoms with Gasteiger partial charge in [-0.05, 0) is 36.8 Å². The van der Waals surface area contributed by atoms with Crippen molar-refractivity contribution in [3.63, 3.8) is 0 Å². The third kappa shape index (κ3) is 5.31. The van der Waals surface area contributed by atoms with E-state index < -0.39 is 5.91 Å². The van der Waals surface area contributed by atoms with E-state index in [2.05, 4.69) is 27.2 Å². The summed E-state index contributed by atoms with van der Waals surface area (Å²) in [4.78, 5) is 48.7. The molecule has 2 aliphatic rings. The number of primary amides is 1. The van der Waals surface area contributed by atoms with E-state index in [1.165, 1.54) is 12.3 Å². The fraction of sp³-hybridized carbons (Fsp3) is 0.348. The van der Waals surface area contributed by atoms with Crippen LogP contribution in [0.2, 0.25) is 0 Å². The molecule has 2 saturated heterocycles. The maximum Gasteiger partial charge on any atom is 0.254 e. The van der Waals surface area contributed by atoms with Gasteiger partial charge in [0.05, 0.1) is 13.2 Å². The topological polar surface area (TPSA) is 143 Å². The highest BCUT2D eigenvalue weighted by molar-refractivity contribution is 5.98. The van der Waals surface area contributed by atoms with Crippen molar-refractivity contribution in [3.05, 3.63) is 54.2 Å². The number of morpholine rings is 1. The molecule has 4 N–H and O–H groups in total. The van der Waals surface area contributed by atoms with Crippen molar-refractivity contribution >= 4 is 35.2 Å². The van der Waals surface area contributed by atoms with Gasteiger partial charge < -0.3 is 30.9 Å². The first-order chi connectivity index (χ1) is 16.4. The Bertz CT molecular complexity index is 1080. The van der Waals surface area contributed by atoms with E-state index in [1.807, 2.05) is 4.90 Å². The van der Waals surface area contributed by atoms with Crippen LogP contribution >= 0.6 is 0 Å². The molecule has 2 aliphatic heterocycles. The number of hydrogen-bond acceptors (Lipinski definition) is 8. The second kappa shape index (κ2) is 10.3. The summed E-state index contributed by atoms with van der Waals surface area (Å²) in [6.45, 7) is 6.86. The standard InChI is InChI=1S/C23H27N7O4/c1-2-19(31)26-17-7-8-30(14-17)23-25-13-18(20(24)32)21(28-23)27-16-5-3-15(4-6-16)22(33)29-9-11-34-12-10-29/h2-6,13,17H,1,7-12,14H2,(H2,24,32)(H,26,31)(H,25,27,28). The number of rotatable bonds is 7. The molecule has 178 valence electrons. The number of anilines is 3. The summed E-state index contributed by atoms with van der Waals surface area (Å²) in [6, 6.07) is 6.89. The van der Waals surface area contributed by atoms with Gasteiger partial charge in [-0.3, -0.25) is 14.4 Å². The number of ether oxygens (including phenoxy) is 1. The van der Waals surface area contributed by atoms with Crippen molar-refractivity contribution in [2.75, 3.05) is 49.6 Å². The summed E-state index contributed by atoms with van der Waals surface area (Å²) in [6.07, 6.45) is 3.36. The van der Waals surface area contributed by atoms with E-state index in [0.717, 1.165) is 6.42 Å². The number of aromatic nitrogens is 2. The van der Waals surface area contributed by atoms with E-state index in [1.54, 1.807) is 29.2 Å². The molecule has 3 heterocycles. The lowest BCUT2D eigenvalue weighted by Gasteiger charge is -2.26. The fourth-order valence-corrected chi connectivity index (χ4v) is 3.90. The highest BCUT2D eigenvalue weighted by Gasteiger charge is 2.26. The van der Waals surface area contributed by atoms with Gasteiger partial charge in [-0.15, -0.1) is 0 Å². The highest BCUT2D eigenvalue weighted by Crippen LogP contribution is 2.24. The van der Waals surface area contributed by atoms with Crippen molar-refractivity contribution in [1.82, 2.24) is 20.2 Å². The van der Waals surface area contributed by atoms with Crippen molar-refractivity contribution in [1.29, 1.82) is 0 Å². The molecule has 11 nitrogen and oxygen atoms in total. The Hall–Kier alpha value is -3.99. The summed E-state index contributed by atoms with van der Waals surface area (Å²) in [5, 5.41) is 5.98. The Kier molecular flexibility index (Phi) is 7.02. The summed E-state index contributed by atoms with van der Waals surface area (Å²) >= 11 is 0. The zero-order valence-corrected chi connectivity index (χ0v) is 18.7. The fourth-order valence-electron chi connectivity index (χ4n) is 3.90. The lowest BCUT2D eigenvalue weighted by atomic mass is 10.1. The first-order valence-corrected chi connectivity index (χ1v) is 11.0. The molecule has 2 fully saturated rings. The number of hydrogen-bond donors (Lipinski definition) is 3. The zero-order chi connectivity index (χ0) is 24.1. The van der Waals surface area contributed by atoms with Crippen LogP contribution in [0.25, 0.3) is 0 Å². The van der Waals surface area contributed by atoms with Crippen molar-refractivity contribution < 1.29 is 19.1 Å². The lowest BCUT2D eigenvalue weighted by Crippen LogP contribution is -2.40. The first kappa shape index (κ1) is 23.2. The maximum atomic E-state index is 12.6. The molecule has 1 aromatic carbocycles. The molecule has 11 heteroatoms. The van der Waals surface area contributed by atoms with Crippen LogP contribution in [0.3, 0.4) is 0 Å². The van der Waals surface area contributed by atoms with Gasteiger partial charge in [-0.25, -0.2) is 4.98 Å². The molecule has 1 aromatic heterocycles. The number of carbonyl (C=O) groups excluding carboxylic acids is 3. The van der Waals surface area contributed by atoms with Gasteiger partial charge >= 0.3 is 0 Å². The summed E-state index contributed by atoms with van der Waals surface area (Å²) in [5.74, 6) is -0.255. The largest absolute Gasteiger partial charge is 0.378 e. The van der Waals surface area contributed by atoms with Gasteiger partial charge in [-0.2, -0.15) is 4.98 Å². The summed E-state index contributed by atoms with van der Waals surface area (Å²) in [5.41, 5.74) is 6.87. The van der Waals surface area contributed by atoms with Crippen LogP contribution in [0.1, 0.15) is 27.1 Å². The number of nitrogens with one attached hydrogen (secondary N) is 2. The van der Waals surface area contributed by atoms with Crippen LogP contribution in [0.15, 0.2) is 43.1 Å². The molecule has 1 unspecified atom stereocenters. The molecule has 0 spiro atoms.